The lowest BCUT2D eigenvalue weighted by atomic mass is 9.91. The average Bonchev–Trinajstić information content (AvgIpc) is 3.08. The Kier molecular flexibility index (Phi) is 4.43. The Hall–Kier alpha value is -1.88. The van der Waals surface area contributed by atoms with Gasteiger partial charge in [-0.15, -0.1) is 0 Å². The molecule has 3 rings (SSSR count). The molecule has 3 N–H and O–H groups in total. The summed E-state index contributed by atoms with van der Waals surface area (Å²) in [6.07, 6.45) is 2.43. The van der Waals surface area contributed by atoms with Gasteiger partial charge in [0.25, 0.3) is 5.91 Å². The van der Waals surface area contributed by atoms with E-state index >= 15 is 0 Å². The van der Waals surface area contributed by atoms with Crippen molar-refractivity contribution in [2.75, 3.05) is 26.2 Å². The summed E-state index contributed by atoms with van der Waals surface area (Å²) in [7, 11) is 0. The van der Waals surface area contributed by atoms with E-state index < -0.39 is 0 Å². The Balaban J connectivity index is 1.74. The molecule has 22 heavy (non-hydrogen) atoms. The van der Waals surface area contributed by atoms with Crippen LogP contribution in [0.1, 0.15) is 41.1 Å². The predicted molar refractivity (Wildman–Crippen MR) is 84.5 cm³/mol. The fourth-order valence-corrected chi connectivity index (χ4v) is 3.51. The number of hydrogen-bond acceptors (Lipinski definition) is 3. The summed E-state index contributed by atoms with van der Waals surface area (Å²) in [4.78, 5) is 25.9. The third-order valence-corrected chi connectivity index (χ3v) is 4.88. The number of carbonyl (C=O) groups excluding carboxylic acids is 2. The highest BCUT2D eigenvalue weighted by molar-refractivity contribution is 5.96. The number of hydrogen-bond donors (Lipinski definition) is 2. The van der Waals surface area contributed by atoms with Gasteiger partial charge in [0.1, 0.15) is 0 Å². The number of nitrogens with two attached hydrogens (primary N) is 1. The first-order chi connectivity index (χ1) is 10.7. The minimum atomic E-state index is -0.246. The highest BCUT2D eigenvalue weighted by Gasteiger charge is 2.29. The van der Waals surface area contributed by atoms with Gasteiger partial charge in [0.15, 0.2) is 0 Å². The number of carbonyl (C=O) groups is 2. The maximum atomic E-state index is 12.8. The van der Waals surface area contributed by atoms with Gasteiger partial charge in [-0.1, -0.05) is 18.2 Å². The van der Waals surface area contributed by atoms with Gasteiger partial charge in [-0.3, -0.25) is 9.59 Å². The molecule has 2 amide bonds. The summed E-state index contributed by atoms with van der Waals surface area (Å²) in [5.74, 6) is 0.177. The minimum Gasteiger partial charge on any atom is -0.369 e. The second-order valence-corrected chi connectivity index (χ2v) is 6.25. The van der Waals surface area contributed by atoms with Crippen molar-refractivity contribution in [3.8, 4) is 0 Å². The summed E-state index contributed by atoms with van der Waals surface area (Å²) in [5.41, 5.74) is 7.32. The van der Waals surface area contributed by atoms with Gasteiger partial charge >= 0.3 is 0 Å². The minimum absolute atomic E-state index is 0.0849. The quantitative estimate of drug-likeness (QED) is 0.878. The summed E-state index contributed by atoms with van der Waals surface area (Å²) in [6, 6.07) is 7.93. The lowest BCUT2D eigenvalue weighted by Crippen LogP contribution is -2.42. The van der Waals surface area contributed by atoms with Crippen LogP contribution in [0.3, 0.4) is 0 Å². The first-order valence-corrected chi connectivity index (χ1v) is 8.05. The zero-order valence-corrected chi connectivity index (χ0v) is 12.8. The Morgan fingerprint density at radius 3 is 2.50 bits per heavy atom. The Bertz CT molecular complexity index is 559. The van der Waals surface area contributed by atoms with Gasteiger partial charge in [-0.25, -0.2) is 0 Å². The normalized spacial score (nSPS) is 22.7. The zero-order chi connectivity index (χ0) is 15.5. The van der Waals surface area contributed by atoms with Crippen LogP contribution < -0.4 is 11.1 Å². The van der Waals surface area contributed by atoms with Crippen LogP contribution in [-0.2, 0) is 4.79 Å². The molecule has 5 heteroatoms. The molecular formula is C17H23N3O2. The van der Waals surface area contributed by atoms with E-state index in [-0.39, 0.29) is 17.7 Å². The number of amides is 2. The van der Waals surface area contributed by atoms with E-state index in [0.29, 0.717) is 31.8 Å². The number of likely N-dealkylation sites (tertiary alicyclic amines) is 1. The summed E-state index contributed by atoms with van der Waals surface area (Å²) >= 11 is 0. The van der Waals surface area contributed by atoms with Gasteiger partial charge in [0.2, 0.25) is 5.91 Å². The number of benzene rings is 1. The van der Waals surface area contributed by atoms with Crippen LogP contribution in [-0.4, -0.2) is 42.9 Å². The van der Waals surface area contributed by atoms with Crippen LogP contribution in [0.15, 0.2) is 24.3 Å². The van der Waals surface area contributed by atoms with Crippen molar-refractivity contribution >= 4 is 11.8 Å². The summed E-state index contributed by atoms with van der Waals surface area (Å²) in [5, 5.41) is 3.36. The van der Waals surface area contributed by atoms with Crippen molar-refractivity contribution in [3.05, 3.63) is 35.4 Å². The van der Waals surface area contributed by atoms with Crippen LogP contribution in [0.2, 0.25) is 0 Å². The molecule has 2 saturated heterocycles. The van der Waals surface area contributed by atoms with Crippen molar-refractivity contribution in [2.45, 2.75) is 25.2 Å². The van der Waals surface area contributed by atoms with Crippen molar-refractivity contribution in [2.24, 2.45) is 11.7 Å². The number of rotatable bonds is 3. The van der Waals surface area contributed by atoms with E-state index in [2.05, 4.69) is 11.4 Å². The highest BCUT2D eigenvalue weighted by Crippen LogP contribution is 2.27. The van der Waals surface area contributed by atoms with Crippen LogP contribution in [0.25, 0.3) is 0 Å². The molecule has 0 saturated carbocycles. The molecule has 2 aliphatic rings. The fraction of sp³-hybridized carbons (Fsp3) is 0.529. The lowest BCUT2D eigenvalue weighted by Gasteiger charge is -2.31. The molecular weight excluding hydrogens is 278 g/mol. The van der Waals surface area contributed by atoms with Crippen LogP contribution >= 0.6 is 0 Å². The van der Waals surface area contributed by atoms with Crippen LogP contribution in [0, 0.1) is 5.92 Å². The number of piperidine rings is 1. The number of nitrogens with zero attached hydrogens (tertiary/aromatic N) is 1. The second-order valence-electron chi connectivity index (χ2n) is 6.25. The topological polar surface area (TPSA) is 75.4 Å². The van der Waals surface area contributed by atoms with Crippen LogP contribution in [0.4, 0.5) is 0 Å². The van der Waals surface area contributed by atoms with Gasteiger partial charge in [0, 0.05) is 31.1 Å². The maximum Gasteiger partial charge on any atom is 0.254 e. The van der Waals surface area contributed by atoms with E-state index in [1.165, 1.54) is 0 Å². The molecule has 1 aromatic rings. The van der Waals surface area contributed by atoms with Crippen molar-refractivity contribution in [3.63, 3.8) is 0 Å². The molecule has 0 aromatic heterocycles. The van der Waals surface area contributed by atoms with Crippen molar-refractivity contribution < 1.29 is 9.59 Å². The van der Waals surface area contributed by atoms with E-state index in [9.17, 15) is 9.59 Å². The SMILES string of the molecule is NC(=O)C1CCN(C(=O)c2ccccc2[C@H]2CCNC2)CC1. The average molecular weight is 301 g/mol. The summed E-state index contributed by atoms with van der Waals surface area (Å²) < 4.78 is 0. The van der Waals surface area contributed by atoms with Gasteiger partial charge in [-0.2, -0.15) is 0 Å². The van der Waals surface area contributed by atoms with Gasteiger partial charge in [0.05, 0.1) is 0 Å². The van der Waals surface area contributed by atoms with E-state index in [1.807, 2.05) is 23.1 Å². The van der Waals surface area contributed by atoms with E-state index in [1.54, 1.807) is 0 Å². The maximum absolute atomic E-state index is 12.8. The van der Waals surface area contributed by atoms with Crippen molar-refractivity contribution in [1.82, 2.24) is 10.2 Å². The third kappa shape index (κ3) is 2.99. The zero-order valence-electron chi connectivity index (χ0n) is 12.8. The van der Waals surface area contributed by atoms with Gasteiger partial charge < -0.3 is 16.0 Å². The molecule has 2 aliphatic heterocycles. The molecule has 118 valence electrons. The van der Waals surface area contributed by atoms with E-state index in [4.69, 9.17) is 5.73 Å². The molecule has 0 unspecified atom stereocenters. The fourth-order valence-electron chi connectivity index (χ4n) is 3.51. The monoisotopic (exact) mass is 301 g/mol. The molecule has 2 fully saturated rings. The first-order valence-electron chi connectivity index (χ1n) is 8.05. The molecule has 2 heterocycles. The number of nitrogens with one attached hydrogen (secondary N) is 1. The molecule has 5 nitrogen and oxygen atoms in total. The number of primary amides is 1. The second kappa shape index (κ2) is 6.48. The molecule has 0 radical (unpaired) electrons. The Labute approximate surface area is 130 Å². The lowest BCUT2D eigenvalue weighted by molar-refractivity contribution is -0.123. The van der Waals surface area contributed by atoms with Gasteiger partial charge in [-0.05, 0) is 43.4 Å². The third-order valence-electron chi connectivity index (χ3n) is 4.88. The summed E-state index contributed by atoms with van der Waals surface area (Å²) in [6.45, 7) is 3.18. The van der Waals surface area contributed by atoms with Crippen LogP contribution in [0.5, 0.6) is 0 Å². The largest absolute Gasteiger partial charge is 0.369 e. The predicted octanol–water partition coefficient (Wildman–Crippen LogP) is 1.10. The molecule has 0 bridgehead atoms. The smallest absolute Gasteiger partial charge is 0.254 e. The van der Waals surface area contributed by atoms with E-state index in [0.717, 1.165) is 30.6 Å². The molecule has 1 atom stereocenters. The molecule has 1 aromatic carbocycles. The first kappa shape index (κ1) is 15.0. The Morgan fingerprint density at radius 1 is 1.14 bits per heavy atom. The highest BCUT2D eigenvalue weighted by atomic mass is 16.2. The standard InChI is InChI=1S/C17H23N3O2/c18-16(21)12-6-9-20(10-7-12)17(22)15-4-2-1-3-14(15)13-5-8-19-11-13/h1-4,12-13,19H,5-11H2,(H2,18,21)/t13-/m0/s1. The molecule has 0 spiro atoms. The Morgan fingerprint density at radius 2 is 1.86 bits per heavy atom. The van der Waals surface area contributed by atoms with Crippen molar-refractivity contribution in [1.29, 1.82) is 0 Å². The molecule has 0 aliphatic carbocycles.